The highest BCUT2D eigenvalue weighted by Gasteiger charge is 2.21. The van der Waals surface area contributed by atoms with Crippen LogP contribution in [0.15, 0.2) is 42.5 Å². The Kier molecular flexibility index (Phi) is 5.83. The van der Waals surface area contributed by atoms with Crippen LogP contribution in [-0.4, -0.2) is 36.5 Å². The molecule has 0 bridgehead atoms. The van der Waals surface area contributed by atoms with Gasteiger partial charge in [-0.2, -0.15) is 0 Å². The number of carbonyl (C=O) groups excluding carboxylic acids is 1. The Hall–Kier alpha value is -1.91. The summed E-state index contributed by atoms with van der Waals surface area (Å²) in [4.78, 5) is 14.2. The summed E-state index contributed by atoms with van der Waals surface area (Å²) < 4.78 is 0. The largest absolute Gasteiger partial charge is 0.341 e. The molecule has 0 saturated carbocycles. The number of nitrogens with zero attached hydrogens (tertiary/aromatic N) is 1. The molecular formula is C20H27N3O. The highest BCUT2D eigenvalue weighted by molar-refractivity contribution is 5.83. The van der Waals surface area contributed by atoms with Crippen molar-refractivity contribution in [1.82, 2.24) is 10.2 Å². The predicted molar refractivity (Wildman–Crippen MR) is 98.7 cm³/mol. The monoisotopic (exact) mass is 325 g/mol. The number of nitrogens with one attached hydrogen (secondary N) is 1. The SMILES string of the molecule is NC(CCNCc1ccc2ccccc2c1)C(=O)N1CCCCC1. The molecular weight excluding hydrogens is 298 g/mol. The minimum absolute atomic E-state index is 0.113. The molecule has 1 unspecified atom stereocenters. The van der Waals surface area contributed by atoms with Gasteiger partial charge in [0.2, 0.25) is 5.91 Å². The fraction of sp³-hybridized carbons (Fsp3) is 0.450. The minimum atomic E-state index is -0.382. The molecule has 2 aromatic rings. The van der Waals surface area contributed by atoms with Crippen molar-refractivity contribution in [2.24, 2.45) is 5.73 Å². The molecule has 3 N–H and O–H groups in total. The molecule has 1 aliphatic rings. The van der Waals surface area contributed by atoms with E-state index in [2.05, 4.69) is 47.8 Å². The Morgan fingerprint density at radius 3 is 2.62 bits per heavy atom. The Morgan fingerprint density at radius 1 is 1.08 bits per heavy atom. The second kappa shape index (κ2) is 8.27. The number of piperidine rings is 1. The van der Waals surface area contributed by atoms with E-state index in [4.69, 9.17) is 5.73 Å². The van der Waals surface area contributed by atoms with Gasteiger partial charge in [0.05, 0.1) is 6.04 Å². The first-order valence-corrected chi connectivity index (χ1v) is 8.97. The smallest absolute Gasteiger partial charge is 0.239 e. The van der Waals surface area contributed by atoms with Crippen LogP contribution >= 0.6 is 0 Å². The maximum atomic E-state index is 12.3. The third-order valence-electron chi connectivity index (χ3n) is 4.76. The predicted octanol–water partition coefficient (Wildman–Crippen LogP) is 2.66. The lowest BCUT2D eigenvalue weighted by molar-refractivity contribution is -0.133. The van der Waals surface area contributed by atoms with Crippen molar-refractivity contribution in [3.8, 4) is 0 Å². The van der Waals surface area contributed by atoms with Crippen molar-refractivity contribution in [2.45, 2.75) is 38.3 Å². The van der Waals surface area contributed by atoms with Gasteiger partial charge in [-0.05, 0) is 54.6 Å². The van der Waals surface area contributed by atoms with E-state index in [-0.39, 0.29) is 11.9 Å². The average Bonchev–Trinajstić information content (AvgIpc) is 2.65. The zero-order valence-electron chi connectivity index (χ0n) is 14.2. The van der Waals surface area contributed by atoms with E-state index in [1.807, 2.05) is 4.90 Å². The van der Waals surface area contributed by atoms with Gasteiger partial charge in [0, 0.05) is 19.6 Å². The zero-order chi connectivity index (χ0) is 16.8. The van der Waals surface area contributed by atoms with E-state index in [1.54, 1.807) is 0 Å². The summed E-state index contributed by atoms with van der Waals surface area (Å²) in [5, 5.41) is 5.92. The molecule has 0 aliphatic carbocycles. The van der Waals surface area contributed by atoms with Gasteiger partial charge in [0.15, 0.2) is 0 Å². The number of carbonyl (C=O) groups is 1. The summed E-state index contributed by atoms with van der Waals surface area (Å²) in [7, 11) is 0. The number of amides is 1. The van der Waals surface area contributed by atoms with Gasteiger partial charge in [0.25, 0.3) is 0 Å². The molecule has 3 rings (SSSR count). The number of hydrogen-bond donors (Lipinski definition) is 2. The molecule has 0 aromatic heterocycles. The fourth-order valence-electron chi connectivity index (χ4n) is 3.31. The van der Waals surface area contributed by atoms with E-state index in [9.17, 15) is 4.79 Å². The van der Waals surface area contributed by atoms with Crippen molar-refractivity contribution in [2.75, 3.05) is 19.6 Å². The quantitative estimate of drug-likeness (QED) is 0.803. The van der Waals surface area contributed by atoms with Gasteiger partial charge in [-0.1, -0.05) is 36.4 Å². The first-order valence-electron chi connectivity index (χ1n) is 8.97. The maximum absolute atomic E-state index is 12.3. The van der Waals surface area contributed by atoms with E-state index in [1.165, 1.54) is 22.8 Å². The molecule has 1 saturated heterocycles. The molecule has 1 amide bonds. The lowest BCUT2D eigenvalue weighted by Gasteiger charge is -2.29. The van der Waals surface area contributed by atoms with Crippen LogP contribution in [0.4, 0.5) is 0 Å². The Bertz CT molecular complexity index is 679. The first-order chi connectivity index (χ1) is 11.7. The average molecular weight is 325 g/mol. The fourth-order valence-corrected chi connectivity index (χ4v) is 3.31. The zero-order valence-corrected chi connectivity index (χ0v) is 14.2. The van der Waals surface area contributed by atoms with E-state index in [0.717, 1.165) is 39.0 Å². The van der Waals surface area contributed by atoms with Crippen LogP contribution in [0.2, 0.25) is 0 Å². The number of hydrogen-bond acceptors (Lipinski definition) is 3. The molecule has 1 atom stereocenters. The van der Waals surface area contributed by atoms with Crippen LogP contribution in [0.1, 0.15) is 31.2 Å². The van der Waals surface area contributed by atoms with Crippen LogP contribution in [0.25, 0.3) is 10.8 Å². The van der Waals surface area contributed by atoms with E-state index >= 15 is 0 Å². The minimum Gasteiger partial charge on any atom is -0.341 e. The first kappa shape index (κ1) is 16.9. The van der Waals surface area contributed by atoms with Gasteiger partial charge in [0.1, 0.15) is 0 Å². The number of fused-ring (bicyclic) bond motifs is 1. The second-order valence-corrected chi connectivity index (χ2v) is 6.64. The molecule has 4 heteroatoms. The summed E-state index contributed by atoms with van der Waals surface area (Å²) in [6, 6.07) is 14.5. The standard InChI is InChI=1S/C20H27N3O/c21-19(20(24)23-12-4-1-5-13-23)10-11-22-15-16-8-9-17-6-2-3-7-18(17)14-16/h2-3,6-9,14,19,22H,1,4-5,10-13,15,21H2. The van der Waals surface area contributed by atoms with E-state index < -0.39 is 0 Å². The van der Waals surface area contributed by atoms with Gasteiger partial charge in [-0.15, -0.1) is 0 Å². The van der Waals surface area contributed by atoms with Crippen LogP contribution < -0.4 is 11.1 Å². The molecule has 24 heavy (non-hydrogen) atoms. The summed E-state index contributed by atoms with van der Waals surface area (Å²) >= 11 is 0. The number of likely N-dealkylation sites (tertiary alicyclic amines) is 1. The molecule has 4 nitrogen and oxygen atoms in total. The van der Waals surface area contributed by atoms with Gasteiger partial charge >= 0.3 is 0 Å². The summed E-state index contributed by atoms with van der Waals surface area (Å²) in [6.45, 7) is 3.30. The molecule has 0 radical (unpaired) electrons. The number of rotatable bonds is 6. The molecule has 1 heterocycles. The summed E-state index contributed by atoms with van der Waals surface area (Å²) in [5.74, 6) is 0.113. The maximum Gasteiger partial charge on any atom is 0.239 e. The van der Waals surface area contributed by atoms with Gasteiger partial charge < -0.3 is 16.0 Å². The highest BCUT2D eigenvalue weighted by Crippen LogP contribution is 2.15. The molecule has 2 aromatic carbocycles. The van der Waals surface area contributed by atoms with Crippen molar-refractivity contribution in [3.63, 3.8) is 0 Å². The third kappa shape index (κ3) is 4.34. The molecule has 1 aliphatic heterocycles. The Balaban J connectivity index is 1.43. The van der Waals surface area contributed by atoms with Crippen LogP contribution in [0, 0.1) is 0 Å². The van der Waals surface area contributed by atoms with Gasteiger partial charge in [-0.25, -0.2) is 0 Å². The number of benzene rings is 2. The Morgan fingerprint density at radius 2 is 1.83 bits per heavy atom. The summed E-state index contributed by atoms with van der Waals surface area (Å²) in [6.07, 6.45) is 4.13. The molecule has 1 fully saturated rings. The van der Waals surface area contributed by atoms with E-state index in [0.29, 0.717) is 6.42 Å². The molecule has 0 spiro atoms. The van der Waals surface area contributed by atoms with Crippen molar-refractivity contribution in [1.29, 1.82) is 0 Å². The summed E-state index contributed by atoms with van der Waals surface area (Å²) in [5.41, 5.74) is 7.32. The topological polar surface area (TPSA) is 58.4 Å². The lowest BCUT2D eigenvalue weighted by atomic mass is 10.1. The normalized spacial score (nSPS) is 16.3. The van der Waals surface area contributed by atoms with Crippen LogP contribution in [-0.2, 0) is 11.3 Å². The van der Waals surface area contributed by atoms with Crippen molar-refractivity contribution >= 4 is 16.7 Å². The van der Waals surface area contributed by atoms with Crippen molar-refractivity contribution < 1.29 is 4.79 Å². The Labute approximate surface area is 144 Å². The van der Waals surface area contributed by atoms with Crippen molar-refractivity contribution in [3.05, 3.63) is 48.0 Å². The van der Waals surface area contributed by atoms with Crippen LogP contribution in [0.5, 0.6) is 0 Å². The lowest BCUT2D eigenvalue weighted by Crippen LogP contribution is -2.46. The third-order valence-corrected chi connectivity index (χ3v) is 4.76. The number of nitrogens with two attached hydrogens (primary N) is 1. The van der Waals surface area contributed by atoms with Crippen LogP contribution in [0.3, 0.4) is 0 Å². The molecule has 128 valence electrons. The second-order valence-electron chi connectivity index (χ2n) is 6.64. The highest BCUT2D eigenvalue weighted by atomic mass is 16.2. The van der Waals surface area contributed by atoms with Gasteiger partial charge in [-0.3, -0.25) is 4.79 Å².